The van der Waals surface area contributed by atoms with Gasteiger partial charge in [-0.2, -0.15) is 0 Å². The van der Waals surface area contributed by atoms with E-state index in [2.05, 4.69) is 0 Å². The maximum Gasteiger partial charge on any atom is 0.266 e. The van der Waals surface area contributed by atoms with Gasteiger partial charge in [-0.05, 0) is 47.9 Å². The highest BCUT2D eigenvalue weighted by molar-refractivity contribution is 8.26. The zero-order valence-corrected chi connectivity index (χ0v) is 17.3. The molecule has 0 spiro atoms. The fourth-order valence-corrected chi connectivity index (χ4v) is 4.22. The van der Waals surface area contributed by atoms with Crippen molar-refractivity contribution in [2.24, 2.45) is 0 Å². The summed E-state index contributed by atoms with van der Waals surface area (Å²) >= 11 is 12.7. The van der Waals surface area contributed by atoms with Crippen molar-refractivity contribution in [1.29, 1.82) is 0 Å². The van der Waals surface area contributed by atoms with Crippen LogP contribution in [0.5, 0.6) is 11.5 Å². The number of amides is 1. The quantitative estimate of drug-likeness (QED) is 0.496. The number of carbonyl (C=O) groups excluding carboxylic acids is 1. The Balaban J connectivity index is 1.71. The lowest BCUT2D eigenvalue weighted by molar-refractivity contribution is -0.122. The van der Waals surface area contributed by atoms with Crippen LogP contribution in [0.1, 0.15) is 11.1 Å². The molecule has 7 heteroatoms. The van der Waals surface area contributed by atoms with Crippen LogP contribution in [0.3, 0.4) is 0 Å². The number of halogens is 1. The number of hydrogen-bond donors (Lipinski definition) is 0. The zero-order chi connectivity index (χ0) is 19.4. The highest BCUT2D eigenvalue weighted by atomic mass is 35.5. The fourth-order valence-electron chi connectivity index (χ4n) is 2.72. The monoisotopic (exact) mass is 419 g/mol. The summed E-state index contributed by atoms with van der Waals surface area (Å²) in [7, 11) is 3.20. The van der Waals surface area contributed by atoms with Crippen LogP contribution in [0.25, 0.3) is 6.08 Å². The van der Waals surface area contributed by atoms with Gasteiger partial charge in [0.1, 0.15) is 4.32 Å². The molecule has 0 atom stereocenters. The molecule has 2 aromatic rings. The number of carbonyl (C=O) groups is 1. The molecule has 1 fully saturated rings. The molecule has 3 rings (SSSR count). The molecule has 27 heavy (non-hydrogen) atoms. The van der Waals surface area contributed by atoms with Gasteiger partial charge in [-0.3, -0.25) is 9.69 Å². The number of methoxy groups -OCH3 is 2. The molecule has 0 saturated carbocycles. The minimum Gasteiger partial charge on any atom is -0.493 e. The highest BCUT2D eigenvalue weighted by Crippen LogP contribution is 2.33. The van der Waals surface area contributed by atoms with Gasteiger partial charge in [0.2, 0.25) is 0 Å². The van der Waals surface area contributed by atoms with Crippen molar-refractivity contribution in [3.8, 4) is 11.5 Å². The third-order valence-corrected chi connectivity index (χ3v) is 5.70. The lowest BCUT2D eigenvalue weighted by Crippen LogP contribution is -2.30. The molecule has 1 aliphatic heterocycles. The zero-order valence-electron chi connectivity index (χ0n) is 14.9. The third-order valence-electron chi connectivity index (χ3n) is 4.09. The molecule has 1 amide bonds. The number of nitrogens with zero attached hydrogens (tertiary/aromatic N) is 1. The van der Waals surface area contributed by atoms with E-state index in [0.29, 0.717) is 38.7 Å². The van der Waals surface area contributed by atoms with E-state index in [1.54, 1.807) is 25.2 Å². The Morgan fingerprint density at radius 3 is 2.63 bits per heavy atom. The molecule has 0 aliphatic carbocycles. The van der Waals surface area contributed by atoms with Gasteiger partial charge in [-0.25, -0.2) is 0 Å². The van der Waals surface area contributed by atoms with Gasteiger partial charge in [0.25, 0.3) is 5.91 Å². The van der Waals surface area contributed by atoms with Crippen LogP contribution < -0.4 is 9.47 Å². The standard InChI is InChI=1S/C20H18ClNO3S2/c1-24-16-7-6-13(11-17(16)25-2)8-9-22-19(23)18(27-20(22)26)12-14-4-3-5-15(21)10-14/h3-7,10-12H,8-9H2,1-2H3/b18-12-. The van der Waals surface area contributed by atoms with E-state index in [-0.39, 0.29) is 5.91 Å². The van der Waals surface area contributed by atoms with E-state index >= 15 is 0 Å². The summed E-state index contributed by atoms with van der Waals surface area (Å²) in [5.74, 6) is 1.27. The number of ether oxygens (including phenoxy) is 2. The Kier molecular flexibility index (Phi) is 6.42. The van der Waals surface area contributed by atoms with E-state index in [0.717, 1.165) is 11.1 Å². The first-order valence-electron chi connectivity index (χ1n) is 8.23. The number of thioether (sulfide) groups is 1. The second kappa shape index (κ2) is 8.78. The van der Waals surface area contributed by atoms with Crippen molar-refractivity contribution in [3.05, 3.63) is 63.5 Å². The number of hydrogen-bond acceptors (Lipinski definition) is 5. The Labute approximate surface area is 173 Å². The summed E-state index contributed by atoms with van der Waals surface area (Å²) in [6, 6.07) is 13.1. The van der Waals surface area contributed by atoms with Crippen LogP contribution >= 0.6 is 35.6 Å². The Morgan fingerprint density at radius 1 is 1.15 bits per heavy atom. The normalized spacial score (nSPS) is 15.5. The summed E-state index contributed by atoms with van der Waals surface area (Å²) in [5, 5.41) is 0.632. The van der Waals surface area contributed by atoms with Crippen molar-refractivity contribution in [1.82, 2.24) is 4.90 Å². The van der Waals surface area contributed by atoms with Gasteiger partial charge in [0, 0.05) is 11.6 Å². The molecule has 1 aliphatic rings. The first kappa shape index (κ1) is 19.7. The molecule has 0 unspecified atom stereocenters. The first-order chi connectivity index (χ1) is 13.0. The topological polar surface area (TPSA) is 38.8 Å². The second-order valence-electron chi connectivity index (χ2n) is 5.83. The molecule has 1 saturated heterocycles. The van der Waals surface area contributed by atoms with Gasteiger partial charge in [-0.1, -0.05) is 53.8 Å². The third kappa shape index (κ3) is 4.64. The van der Waals surface area contributed by atoms with E-state index < -0.39 is 0 Å². The average molecular weight is 420 g/mol. The van der Waals surface area contributed by atoms with Crippen molar-refractivity contribution in [2.45, 2.75) is 6.42 Å². The Morgan fingerprint density at radius 2 is 1.93 bits per heavy atom. The molecule has 4 nitrogen and oxygen atoms in total. The van der Waals surface area contributed by atoms with Crippen molar-refractivity contribution in [3.63, 3.8) is 0 Å². The lowest BCUT2D eigenvalue weighted by atomic mass is 10.1. The molecule has 1 heterocycles. The van der Waals surface area contributed by atoms with E-state index in [1.807, 2.05) is 42.5 Å². The SMILES string of the molecule is COc1ccc(CCN2C(=O)/C(=C/c3cccc(Cl)c3)SC2=S)cc1OC. The summed E-state index contributed by atoms with van der Waals surface area (Å²) in [6.07, 6.45) is 2.48. The molecule has 0 radical (unpaired) electrons. The van der Waals surface area contributed by atoms with Crippen LogP contribution in [0.15, 0.2) is 47.4 Å². The predicted molar refractivity (Wildman–Crippen MR) is 115 cm³/mol. The summed E-state index contributed by atoms with van der Waals surface area (Å²) in [4.78, 5) is 15.0. The van der Waals surface area contributed by atoms with E-state index in [1.165, 1.54) is 11.8 Å². The summed E-state index contributed by atoms with van der Waals surface area (Å²) < 4.78 is 11.1. The molecule has 0 bridgehead atoms. The van der Waals surface area contributed by atoms with Crippen LogP contribution in [0, 0.1) is 0 Å². The number of benzene rings is 2. The second-order valence-corrected chi connectivity index (χ2v) is 7.94. The molecular weight excluding hydrogens is 402 g/mol. The maximum absolute atomic E-state index is 12.7. The van der Waals surface area contributed by atoms with Crippen LogP contribution in [-0.2, 0) is 11.2 Å². The van der Waals surface area contributed by atoms with Gasteiger partial charge < -0.3 is 9.47 Å². The van der Waals surface area contributed by atoms with Crippen molar-refractivity contribution in [2.75, 3.05) is 20.8 Å². The Bertz CT molecular complexity index is 914. The van der Waals surface area contributed by atoms with Gasteiger partial charge in [-0.15, -0.1) is 0 Å². The van der Waals surface area contributed by atoms with Crippen LogP contribution in [0.2, 0.25) is 5.02 Å². The molecule has 0 aromatic heterocycles. The van der Waals surface area contributed by atoms with Gasteiger partial charge >= 0.3 is 0 Å². The molecule has 140 valence electrons. The largest absolute Gasteiger partial charge is 0.493 e. The maximum atomic E-state index is 12.7. The summed E-state index contributed by atoms with van der Waals surface area (Å²) in [5.41, 5.74) is 1.92. The minimum absolute atomic E-state index is 0.0783. The molecule has 0 N–H and O–H groups in total. The smallest absolute Gasteiger partial charge is 0.266 e. The van der Waals surface area contributed by atoms with Crippen LogP contribution in [-0.4, -0.2) is 35.9 Å². The fraction of sp³-hybridized carbons (Fsp3) is 0.200. The minimum atomic E-state index is -0.0783. The predicted octanol–water partition coefficient (Wildman–Crippen LogP) is 4.80. The lowest BCUT2D eigenvalue weighted by Gasteiger charge is -2.15. The molecular formula is C20H18ClNO3S2. The van der Waals surface area contributed by atoms with Crippen molar-refractivity contribution < 1.29 is 14.3 Å². The summed E-state index contributed by atoms with van der Waals surface area (Å²) in [6.45, 7) is 0.507. The number of rotatable bonds is 6. The Hall–Kier alpha value is -2.02. The van der Waals surface area contributed by atoms with E-state index in [4.69, 9.17) is 33.3 Å². The first-order valence-corrected chi connectivity index (χ1v) is 9.84. The van der Waals surface area contributed by atoms with Crippen LogP contribution in [0.4, 0.5) is 0 Å². The van der Waals surface area contributed by atoms with Gasteiger partial charge in [0.15, 0.2) is 11.5 Å². The van der Waals surface area contributed by atoms with E-state index in [9.17, 15) is 4.79 Å². The van der Waals surface area contributed by atoms with Gasteiger partial charge in [0.05, 0.1) is 19.1 Å². The van der Waals surface area contributed by atoms with Crippen molar-refractivity contribution >= 4 is 51.9 Å². The average Bonchev–Trinajstić information content (AvgIpc) is 2.92. The highest BCUT2D eigenvalue weighted by Gasteiger charge is 2.31. The molecule has 2 aromatic carbocycles. The number of thiocarbonyl (C=S) groups is 1.